The standard InChI is InChI=1S/C25H18FN5O2/c26-19-5-1-16(2-6-19)23-12-14-28-31(23)21-8-3-17(4-9-21)24(32)30-29-20-7-10-22-18(15-20)11-13-27-25(22)33/h1-15,29H,(H,27,33)(H,30,32). The van der Waals surface area contributed by atoms with E-state index in [0.29, 0.717) is 16.6 Å². The van der Waals surface area contributed by atoms with Gasteiger partial charge >= 0.3 is 0 Å². The molecular weight excluding hydrogens is 421 g/mol. The van der Waals surface area contributed by atoms with Crippen LogP contribution >= 0.6 is 0 Å². The SMILES string of the molecule is O=C(NNc1ccc2c(=O)[nH]ccc2c1)c1ccc(-n2nccc2-c2ccc(F)cc2)cc1. The number of nitrogens with one attached hydrogen (secondary N) is 3. The van der Waals surface area contributed by atoms with Gasteiger partial charge in [-0.1, -0.05) is 0 Å². The minimum Gasteiger partial charge on any atom is -0.329 e. The summed E-state index contributed by atoms with van der Waals surface area (Å²) in [6.45, 7) is 0. The van der Waals surface area contributed by atoms with Gasteiger partial charge in [-0.05, 0) is 84.2 Å². The predicted molar refractivity (Wildman–Crippen MR) is 125 cm³/mol. The van der Waals surface area contributed by atoms with Crippen molar-refractivity contribution in [1.29, 1.82) is 0 Å². The van der Waals surface area contributed by atoms with Crippen LogP contribution in [0.3, 0.4) is 0 Å². The number of hydrogen-bond acceptors (Lipinski definition) is 4. The minimum absolute atomic E-state index is 0.164. The van der Waals surface area contributed by atoms with Gasteiger partial charge in [-0.15, -0.1) is 0 Å². The Labute approximate surface area is 187 Å². The summed E-state index contributed by atoms with van der Waals surface area (Å²) in [5.74, 6) is -0.613. The van der Waals surface area contributed by atoms with Gasteiger partial charge in [-0.3, -0.25) is 20.4 Å². The number of anilines is 1. The molecule has 3 N–H and O–H groups in total. The number of hydrazine groups is 1. The Bertz CT molecular complexity index is 1500. The Kier molecular flexibility index (Phi) is 5.16. The molecule has 0 atom stereocenters. The van der Waals surface area contributed by atoms with Gasteiger partial charge in [0, 0.05) is 22.7 Å². The molecule has 2 heterocycles. The van der Waals surface area contributed by atoms with E-state index in [4.69, 9.17) is 0 Å². The summed E-state index contributed by atoms with van der Waals surface area (Å²) in [5.41, 5.74) is 8.88. The molecule has 1 amide bonds. The molecule has 0 fully saturated rings. The molecule has 0 bridgehead atoms. The van der Waals surface area contributed by atoms with Crippen molar-refractivity contribution in [2.24, 2.45) is 0 Å². The van der Waals surface area contributed by atoms with Gasteiger partial charge in [0.05, 0.1) is 23.3 Å². The lowest BCUT2D eigenvalue weighted by atomic mass is 10.1. The van der Waals surface area contributed by atoms with E-state index in [-0.39, 0.29) is 17.3 Å². The van der Waals surface area contributed by atoms with Crippen molar-refractivity contribution >= 4 is 22.4 Å². The molecule has 162 valence electrons. The van der Waals surface area contributed by atoms with Crippen LogP contribution < -0.4 is 16.4 Å². The molecule has 0 spiro atoms. The van der Waals surface area contributed by atoms with Gasteiger partial charge in [-0.2, -0.15) is 5.10 Å². The highest BCUT2D eigenvalue weighted by Crippen LogP contribution is 2.23. The highest BCUT2D eigenvalue weighted by Gasteiger charge is 2.10. The molecule has 0 aliphatic rings. The number of H-pyrrole nitrogens is 1. The second-order valence-electron chi connectivity index (χ2n) is 7.37. The first-order chi connectivity index (χ1) is 16.1. The van der Waals surface area contributed by atoms with Crippen molar-refractivity contribution in [3.05, 3.63) is 113 Å². The first-order valence-electron chi connectivity index (χ1n) is 10.2. The number of carbonyl (C=O) groups is 1. The summed E-state index contributed by atoms with van der Waals surface area (Å²) in [4.78, 5) is 27.0. The van der Waals surface area contributed by atoms with Gasteiger partial charge in [-0.25, -0.2) is 9.07 Å². The van der Waals surface area contributed by atoms with Crippen LogP contribution in [-0.4, -0.2) is 20.7 Å². The third kappa shape index (κ3) is 4.09. The normalized spacial score (nSPS) is 10.8. The second-order valence-corrected chi connectivity index (χ2v) is 7.37. The van der Waals surface area contributed by atoms with Crippen molar-refractivity contribution < 1.29 is 9.18 Å². The van der Waals surface area contributed by atoms with Gasteiger partial charge in [0.2, 0.25) is 0 Å². The van der Waals surface area contributed by atoms with E-state index < -0.39 is 0 Å². The average molecular weight is 439 g/mol. The number of rotatable bonds is 5. The lowest BCUT2D eigenvalue weighted by Gasteiger charge is -2.11. The molecule has 8 heteroatoms. The Morgan fingerprint density at radius 1 is 0.939 bits per heavy atom. The molecule has 2 aromatic heterocycles. The molecule has 0 saturated carbocycles. The maximum atomic E-state index is 13.2. The Morgan fingerprint density at radius 3 is 2.52 bits per heavy atom. The number of carbonyl (C=O) groups excluding carboxylic acids is 1. The van der Waals surface area contributed by atoms with Crippen LogP contribution in [0.15, 0.2) is 96.1 Å². The topological polar surface area (TPSA) is 91.8 Å². The first-order valence-corrected chi connectivity index (χ1v) is 10.2. The number of amides is 1. The molecule has 0 radical (unpaired) electrons. The lowest BCUT2D eigenvalue weighted by molar-refractivity contribution is 0.0962. The van der Waals surface area contributed by atoms with E-state index in [2.05, 4.69) is 20.9 Å². The Hall–Kier alpha value is -4.72. The van der Waals surface area contributed by atoms with Crippen LogP contribution in [0.1, 0.15) is 10.4 Å². The summed E-state index contributed by atoms with van der Waals surface area (Å²) in [7, 11) is 0. The molecule has 0 aliphatic heterocycles. The number of aromatic amines is 1. The second kappa shape index (κ2) is 8.43. The van der Waals surface area contributed by atoms with Crippen LogP contribution in [0.2, 0.25) is 0 Å². The average Bonchev–Trinajstić information content (AvgIpc) is 3.33. The van der Waals surface area contributed by atoms with Crippen LogP contribution in [0.25, 0.3) is 27.7 Å². The molecule has 0 unspecified atom stereocenters. The van der Waals surface area contributed by atoms with Crippen molar-refractivity contribution in [2.45, 2.75) is 0 Å². The Morgan fingerprint density at radius 2 is 1.73 bits per heavy atom. The van der Waals surface area contributed by atoms with Crippen molar-refractivity contribution in [2.75, 3.05) is 5.43 Å². The first kappa shape index (κ1) is 20.2. The number of pyridine rings is 1. The monoisotopic (exact) mass is 439 g/mol. The van der Waals surface area contributed by atoms with Gasteiger partial charge in [0.15, 0.2) is 0 Å². The fraction of sp³-hybridized carbons (Fsp3) is 0. The highest BCUT2D eigenvalue weighted by molar-refractivity contribution is 5.95. The fourth-order valence-corrected chi connectivity index (χ4v) is 3.57. The van der Waals surface area contributed by atoms with E-state index in [1.165, 1.54) is 12.1 Å². The highest BCUT2D eigenvalue weighted by atomic mass is 19.1. The van der Waals surface area contributed by atoms with E-state index in [0.717, 1.165) is 22.3 Å². The molecule has 33 heavy (non-hydrogen) atoms. The zero-order valence-electron chi connectivity index (χ0n) is 17.2. The molecule has 5 aromatic rings. The van der Waals surface area contributed by atoms with Gasteiger partial charge in [0.1, 0.15) is 5.82 Å². The van der Waals surface area contributed by atoms with Crippen molar-refractivity contribution in [3.8, 4) is 16.9 Å². The number of hydrogen-bond donors (Lipinski definition) is 3. The Balaban J connectivity index is 1.30. The number of benzene rings is 3. The van der Waals surface area contributed by atoms with Gasteiger partial charge in [0.25, 0.3) is 11.5 Å². The lowest BCUT2D eigenvalue weighted by Crippen LogP contribution is -2.29. The summed E-state index contributed by atoms with van der Waals surface area (Å²) in [6.07, 6.45) is 3.25. The molecule has 0 saturated heterocycles. The van der Waals surface area contributed by atoms with Crippen LogP contribution in [0, 0.1) is 5.82 Å². The quantitative estimate of drug-likeness (QED) is 0.357. The number of halogens is 1. The molecular formula is C25H18FN5O2. The summed E-state index contributed by atoms with van der Waals surface area (Å²) in [5, 5.41) is 5.69. The molecule has 3 aromatic carbocycles. The van der Waals surface area contributed by atoms with Gasteiger partial charge < -0.3 is 4.98 Å². The third-order valence-electron chi connectivity index (χ3n) is 5.25. The predicted octanol–water partition coefficient (Wildman–Crippen LogP) is 4.28. The molecule has 0 aliphatic carbocycles. The van der Waals surface area contributed by atoms with E-state index >= 15 is 0 Å². The number of fused-ring (bicyclic) bond motifs is 1. The van der Waals surface area contributed by atoms with Crippen molar-refractivity contribution in [1.82, 2.24) is 20.2 Å². The molecule has 7 nitrogen and oxygen atoms in total. The zero-order valence-corrected chi connectivity index (χ0v) is 17.2. The smallest absolute Gasteiger partial charge is 0.269 e. The van der Waals surface area contributed by atoms with E-state index in [1.54, 1.807) is 77.7 Å². The molecule has 5 rings (SSSR count). The van der Waals surface area contributed by atoms with Crippen LogP contribution in [0.4, 0.5) is 10.1 Å². The van der Waals surface area contributed by atoms with Crippen LogP contribution in [0.5, 0.6) is 0 Å². The van der Waals surface area contributed by atoms with E-state index in [9.17, 15) is 14.0 Å². The number of aromatic nitrogens is 3. The zero-order chi connectivity index (χ0) is 22.8. The minimum atomic E-state index is -0.313. The fourth-order valence-electron chi connectivity index (χ4n) is 3.57. The van der Waals surface area contributed by atoms with E-state index in [1.807, 2.05) is 6.07 Å². The largest absolute Gasteiger partial charge is 0.329 e. The maximum Gasteiger partial charge on any atom is 0.269 e. The van der Waals surface area contributed by atoms with Crippen molar-refractivity contribution in [3.63, 3.8) is 0 Å². The van der Waals surface area contributed by atoms with Crippen LogP contribution in [-0.2, 0) is 0 Å². The third-order valence-corrected chi connectivity index (χ3v) is 5.25. The summed E-state index contributed by atoms with van der Waals surface area (Å²) < 4.78 is 15.0. The maximum absolute atomic E-state index is 13.2. The summed E-state index contributed by atoms with van der Waals surface area (Å²) in [6, 6.07) is 22.0. The number of nitrogens with zero attached hydrogens (tertiary/aromatic N) is 2. The summed E-state index contributed by atoms with van der Waals surface area (Å²) >= 11 is 0.